The van der Waals surface area contributed by atoms with E-state index in [0.29, 0.717) is 18.2 Å². The van der Waals surface area contributed by atoms with Gasteiger partial charge in [-0.15, -0.1) is 0 Å². The number of amides is 1. The summed E-state index contributed by atoms with van der Waals surface area (Å²) in [6, 6.07) is 5.63. The Balaban J connectivity index is 1.46. The molecule has 0 saturated carbocycles. The number of pyridine rings is 1. The lowest BCUT2D eigenvalue weighted by atomic mass is 9.97. The Bertz CT molecular complexity index is 927. The summed E-state index contributed by atoms with van der Waals surface area (Å²) in [5, 5.41) is 7.02. The van der Waals surface area contributed by atoms with E-state index < -0.39 is 0 Å². The normalized spacial score (nSPS) is 16.9. The van der Waals surface area contributed by atoms with Crippen LogP contribution in [0.15, 0.2) is 43.4 Å². The number of hydrogen-bond acceptors (Lipinski definition) is 7. The Labute approximate surface area is 156 Å². The maximum absolute atomic E-state index is 12.7. The van der Waals surface area contributed by atoms with Gasteiger partial charge in [0.15, 0.2) is 5.82 Å². The van der Waals surface area contributed by atoms with Gasteiger partial charge in [-0.3, -0.25) is 4.79 Å². The van der Waals surface area contributed by atoms with E-state index >= 15 is 0 Å². The van der Waals surface area contributed by atoms with E-state index in [9.17, 15) is 4.79 Å². The van der Waals surface area contributed by atoms with Crippen LogP contribution < -0.4 is 10.2 Å². The highest BCUT2D eigenvalue weighted by Gasteiger charge is 2.27. The predicted molar refractivity (Wildman–Crippen MR) is 99.5 cm³/mol. The zero-order valence-electron chi connectivity index (χ0n) is 15.0. The van der Waals surface area contributed by atoms with Crippen LogP contribution in [0.5, 0.6) is 0 Å². The lowest BCUT2D eigenvalue weighted by molar-refractivity contribution is -0.120. The van der Waals surface area contributed by atoms with Crippen molar-refractivity contribution < 1.29 is 4.79 Å². The molecule has 0 spiro atoms. The Kier molecular flexibility index (Phi) is 4.73. The highest BCUT2D eigenvalue weighted by atomic mass is 16.2. The van der Waals surface area contributed by atoms with Gasteiger partial charge in [-0.1, -0.05) is 0 Å². The smallest absolute Gasteiger partial charge is 0.230 e. The standard InChI is InChI=1S/C18H20N8O/c1-13-4-5-20-15(7-13)24-18(27)14-3-2-6-25(9-14)16-8-17(22-11-21-16)26-12-19-10-23-26/h4-5,7-8,10-12,14H,2-3,6,9H2,1H3,(H,20,24,27). The average Bonchev–Trinajstić information content (AvgIpc) is 3.23. The summed E-state index contributed by atoms with van der Waals surface area (Å²) in [4.78, 5) is 31.5. The molecular formula is C18H20N8O. The predicted octanol–water partition coefficient (Wildman–Crippen LogP) is 1.62. The van der Waals surface area contributed by atoms with Crippen molar-refractivity contribution in [2.75, 3.05) is 23.3 Å². The molecule has 4 rings (SSSR count). The molecule has 1 unspecified atom stereocenters. The van der Waals surface area contributed by atoms with E-state index in [4.69, 9.17) is 0 Å². The third kappa shape index (κ3) is 3.91. The van der Waals surface area contributed by atoms with Crippen molar-refractivity contribution >= 4 is 17.5 Å². The van der Waals surface area contributed by atoms with Crippen LogP contribution in [0, 0.1) is 12.8 Å². The van der Waals surface area contributed by atoms with Gasteiger partial charge in [0, 0.05) is 25.4 Å². The molecule has 27 heavy (non-hydrogen) atoms. The fourth-order valence-corrected chi connectivity index (χ4v) is 3.19. The molecule has 1 fully saturated rings. The molecular weight excluding hydrogens is 344 g/mol. The minimum Gasteiger partial charge on any atom is -0.356 e. The fourth-order valence-electron chi connectivity index (χ4n) is 3.19. The van der Waals surface area contributed by atoms with E-state index in [1.807, 2.05) is 25.1 Å². The number of hydrogen-bond donors (Lipinski definition) is 1. The second-order valence-electron chi connectivity index (χ2n) is 6.57. The maximum atomic E-state index is 12.7. The summed E-state index contributed by atoms with van der Waals surface area (Å²) in [6.45, 7) is 3.42. The van der Waals surface area contributed by atoms with Gasteiger partial charge in [0.05, 0.1) is 5.92 Å². The Morgan fingerprint density at radius 3 is 2.89 bits per heavy atom. The van der Waals surface area contributed by atoms with Crippen LogP contribution in [0.3, 0.4) is 0 Å². The molecule has 0 radical (unpaired) electrons. The first kappa shape index (κ1) is 17.1. The number of nitrogens with one attached hydrogen (secondary N) is 1. The van der Waals surface area contributed by atoms with Gasteiger partial charge in [-0.25, -0.2) is 24.6 Å². The molecule has 9 nitrogen and oxygen atoms in total. The number of rotatable bonds is 4. The van der Waals surface area contributed by atoms with Crippen LogP contribution in [-0.2, 0) is 4.79 Å². The van der Waals surface area contributed by atoms with E-state index in [1.165, 1.54) is 12.7 Å². The molecule has 0 bridgehead atoms. The summed E-state index contributed by atoms with van der Waals surface area (Å²) < 4.78 is 1.59. The van der Waals surface area contributed by atoms with Crippen molar-refractivity contribution in [3.8, 4) is 5.82 Å². The molecule has 1 aliphatic heterocycles. The topological polar surface area (TPSA) is 102 Å². The molecule has 1 amide bonds. The van der Waals surface area contributed by atoms with Gasteiger partial charge in [0.1, 0.15) is 30.6 Å². The van der Waals surface area contributed by atoms with E-state index in [1.54, 1.807) is 17.2 Å². The molecule has 0 aromatic carbocycles. The van der Waals surface area contributed by atoms with Crippen molar-refractivity contribution in [1.82, 2.24) is 29.7 Å². The van der Waals surface area contributed by atoms with Gasteiger partial charge in [0.25, 0.3) is 0 Å². The molecule has 138 valence electrons. The van der Waals surface area contributed by atoms with E-state index in [2.05, 4.69) is 35.3 Å². The second kappa shape index (κ2) is 7.48. The van der Waals surface area contributed by atoms with Gasteiger partial charge >= 0.3 is 0 Å². The van der Waals surface area contributed by atoms with Crippen LogP contribution in [0.1, 0.15) is 18.4 Å². The zero-order valence-corrected chi connectivity index (χ0v) is 15.0. The van der Waals surface area contributed by atoms with E-state index in [0.717, 1.165) is 30.8 Å². The number of aryl methyl sites for hydroxylation is 1. The molecule has 1 aliphatic rings. The van der Waals surface area contributed by atoms with Crippen molar-refractivity contribution in [1.29, 1.82) is 0 Å². The minimum atomic E-state index is -0.120. The Morgan fingerprint density at radius 2 is 2.07 bits per heavy atom. The summed E-state index contributed by atoms with van der Waals surface area (Å²) >= 11 is 0. The molecule has 3 aromatic rings. The number of piperidine rings is 1. The first-order chi connectivity index (χ1) is 13.2. The van der Waals surface area contributed by atoms with Crippen molar-refractivity contribution in [3.05, 3.63) is 48.9 Å². The average molecular weight is 364 g/mol. The maximum Gasteiger partial charge on any atom is 0.230 e. The highest BCUT2D eigenvalue weighted by molar-refractivity contribution is 5.92. The molecule has 1 atom stereocenters. The van der Waals surface area contributed by atoms with Crippen LogP contribution in [0.2, 0.25) is 0 Å². The van der Waals surface area contributed by atoms with Gasteiger partial charge in [-0.2, -0.15) is 5.10 Å². The monoisotopic (exact) mass is 364 g/mol. The number of carbonyl (C=O) groups is 1. The molecule has 9 heteroatoms. The Morgan fingerprint density at radius 1 is 1.19 bits per heavy atom. The third-order valence-electron chi connectivity index (χ3n) is 4.57. The molecule has 4 heterocycles. The fraction of sp³-hybridized carbons (Fsp3) is 0.333. The van der Waals surface area contributed by atoms with Crippen molar-refractivity contribution in [2.45, 2.75) is 19.8 Å². The van der Waals surface area contributed by atoms with Crippen LogP contribution >= 0.6 is 0 Å². The molecule has 3 aromatic heterocycles. The summed E-state index contributed by atoms with van der Waals surface area (Å²) in [5.74, 6) is 1.89. The SMILES string of the molecule is Cc1ccnc(NC(=O)C2CCCN(c3cc(-n4cncn4)ncn3)C2)c1. The lowest BCUT2D eigenvalue weighted by Gasteiger charge is -2.32. The number of carbonyl (C=O) groups excluding carboxylic acids is 1. The van der Waals surface area contributed by atoms with Gasteiger partial charge < -0.3 is 10.2 Å². The largest absolute Gasteiger partial charge is 0.356 e. The lowest BCUT2D eigenvalue weighted by Crippen LogP contribution is -2.41. The minimum absolute atomic E-state index is 0.0108. The van der Waals surface area contributed by atoms with Gasteiger partial charge in [-0.05, 0) is 37.5 Å². The summed E-state index contributed by atoms with van der Waals surface area (Å²) in [5.41, 5.74) is 1.06. The molecule has 1 N–H and O–H groups in total. The van der Waals surface area contributed by atoms with Crippen LogP contribution in [0.25, 0.3) is 5.82 Å². The first-order valence-corrected chi connectivity index (χ1v) is 8.84. The molecule has 1 saturated heterocycles. The Hall–Kier alpha value is -3.36. The van der Waals surface area contributed by atoms with Crippen LogP contribution in [0.4, 0.5) is 11.6 Å². The van der Waals surface area contributed by atoms with Crippen molar-refractivity contribution in [3.63, 3.8) is 0 Å². The third-order valence-corrected chi connectivity index (χ3v) is 4.57. The second-order valence-corrected chi connectivity index (χ2v) is 6.57. The molecule has 0 aliphatic carbocycles. The summed E-state index contributed by atoms with van der Waals surface area (Å²) in [6.07, 6.45) is 8.02. The van der Waals surface area contributed by atoms with Crippen molar-refractivity contribution in [2.24, 2.45) is 5.92 Å². The van der Waals surface area contributed by atoms with E-state index in [-0.39, 0.29) is 11.8 Å². The number of aromatic nitrogens is 6. The van der Waals surface area contributed by atoms with Crippen LogP contribution in [-0.4, -0.2) is 48.7 Å². The zero-order chi connectivity index (χ0) is 18.6. The van der Waals surface area contributed by atoms with Gasteiger partial charge in [0.2, 0.25) is 5.91 Å². The quantitative estimate of drug-likeness (QED) is 0.750. The first-order valence-electron chi connectivity index (χ1n) is 8.84. The summed E-state index contributed by atoms with van der Waals surface area (Å²) in [7, 11) is 0. The number of anilines is 2. The highest BCUT2D eigenvalue weighted by Crippen LogP contribution is 2.23. The number of nitrogens with zero attached hydrogens (tertiary/aromatic N) is 7.